The van der Waals surface area contributed by atoms with E-state index >= 15 is 0 Å². The second-order valence-electron chi connectivity index (χ2n) is 7.01. The van der Waals surface area contributed by atoms with Crippen molar-refractivity contribution in [1.29, 1.82) is 0 Å². The van der Waals surface area contributed by atoms with Crippen LogP contribution in [0.4, 0.5) is 0 Å². The molecule has 0 unspecified atom stereocenters. The average molecular weight is 250 g/mol. The minimum absolute atomic E-state index is 0.505. The highest BCUT2D eigenvalue weighted by Crippen LogP contribution is 2.32. The number of hydrogen-bond acceptors (Lipinski definition) is 2. The molecule has 1 aliphatic heterocycles. The summed E-state index contributed by atoms with van der Waals surface area (Å²) in [5.41, 5.74) is 0.505. The van der Waals surface area contributed by atoms with E-state index in [1.807, 2.05) is 0 Å². The quantitative estimate of drug-likeness (QED) is 0.810. The molecule has 1 saturated heterocycles. The van der Waals surface area contributed by atoms with E-state index in [4.69, 9.17) is 0 Å². The van der Waals surface area contributed by atoms with Crippen molar-refractivity contribution in [2.24, 2.45) is 5.92 Å². The Morgan fingerprint density at radius 3 is 2.50 bits per heavy atom. The van der Waals surface area contributed by atoms with Crippen LogP contribution < -0.4 is 5.32 Å². The predicted molar refractivity (Wildman–Crippen MR) is 76.8 cm³/mol. The molecule has 18 heavy (non-hydrogen) atoms. The molecular weight excluding hydrogens is 220 g/mol. The first-order valence-electron chi connectivity index (χ1n) is 8.34. The standard InChI is InChI=1S/C16H30N2/c1-2-7-15(8-3-1)13-18-12-6-11-17-16(14-18)9-4-5-10-16/h15,17H,1-14H2. The van der Waals surface area contributed by atoms with E-state index in [0.717, 1.165) is 5.92 Å². The lowest BCUT2D eigenvalue weighted by molar-refractivity contribution is 0.166. The van der Waals surface area contributed by atoms with E-state index in [0.29, 0.717) is 5.54 Å². The van der Waals surface area contributed by atoms with E-state index in [-0.39, 0.29) is 0 Å². The summed E-state index contributed by atoms with van der Waals surface area (Å²) in [6, 6.07) is 0. The van der Waals surface area contributed by atoms with Gasteiger partial charge in [-0.3, -0.25) is 0 Å². The molecule has 1 heterocycles. The largest absolute Gasteiger partial charge is 0.310 e. The minimum atomic E-state index is 0.505. The number of nitrogens with zero attached hydrogens (tertiary/aromatic N) is 1. The maximum atomic E-state index is 3.88. The Labute approximate surface area is 113 Å². The van der Waals surface area contributed by atoms with Crippen LogP contribution in [-0.2, 0) is 0 Å². The highest BCUT2D eigenvalue weighted by molar-refractivity contribution is 4.97. The molecule has 2 nitrogen and oxygen atoms in total. The zero-order valence-corrected chi connectivity index (χ0v) is 11.9. The third kappa shape index (κ3) is 3.08. The normalized spacial score (nSPS) is 30.7. The number of hydrogen-bond donors (Lipinski definition) is 1. The molecule has 0 atom stereocenters. The Bertz CT molecular complexity index is 252. The average Bonchev–Trinajstić information content (AvgIpc) is 2.75. The van der Waals surface area contributed by atoms with Crippen molar-refractivity contribution in [2.75, 3.05) is 26.2 Å². The second kappa shape index (κ2) is 5.92. The fourth-order valence-corrected chi connectivity index (χ4v) is 4.50. The van der Waals surface area contributed by atoms with Crippen LogP contribution in [0, 0.1) is 5.92 Å². The lowest BCUT2D eigenvalue weighted by Gasteiger charge is -2.35. The van der Waals surface area contributed by atoms with Crippen LogP contribution >= 0.6 is 0 Å². The van der Waals surface area contributed by atoms with Gasteiger partial charge in [0, 0.05) is 18.6 Å². The maximum absolute atomic E-state index is 3.88. The Morgan fingerprint density at radius 2 is 1.72 bits per heavy atom. The van der Waals surface area contributed by atoms with Gasteiger partial charge < -0.3 is 10.2 Å². The Morgan fingerprint density at radius 1 is 0.944 bits per heavy atom. The lowest BCUT2D eigenvalue weighted by Crippen LogP contribution is -2.50. The van der Waals surface area contributed by atoms with E-state index in [9.17, 15) is 0 Å². The molecule has 3 aliphatic rings. The SMILES string of the molecule is C1CCC(CN2CCCNC3(CCCC3)C2)CC1. The van der Waals surface area contributed by atoms with Crippen molar-refractivity contribution >= 4 is 0 Å². The first-order valence-corrected chi connectivity index (χ1v) is 8.34. The molecule has 0 aromatic heterocycles. The van der Waals surface area contributed by atoms with Gasteiger partial charge in [-0.1, -0.05) is 32.1 Å². The van der Waals surface area contributed by atoms with Crippen LogP contribution in [-0.4, -0.2) is 36.6 Å². The third-order valence-corrected chi connectivity index (χ3v) is 5.48. The molecule has 0 aromatic carbocycles. The van der Waals surface area contributed by atoms with Crippen LogP contribution in [0.2, 0.25) is 0 Å². The monoisotopic (exact) mass is 250 g/mol. The van der Waals surface area contributed by atoms with E-state index in [1.165, 1.54) is 90.4 Å². The molecule has 2 aliphatic carbocycles. The van der Waals surface area contributed by atoms with Crippen LogP contribution in [0.5, 0.6) is 0 Å². The Kier molecular flexibility index (Phi) is 4.25. The van der Waals surface area contributed by atoms with Gasteiger partial charge >= 0.3 is 0 Å². The molecule has 3 fully saturated rings. The highest BCUT2D eigenvalue weighted by Gasteiger charge is 2.36. The molecule has 3 rings (SSSR count). The molecular formula is C16H30N2. The topological polar surface area (TPSA) is 15.3 Å². The number of nitrogens with one attached hydrogen (secondary N) is 1. The van der Waals surface area contributed by atoms with Crippen molar-refractivity contribution in [3.05, 3.63) is 0 Å². The highest BCUT2D eigenvalue weighted by atomic mass is 15.2. The van der Waals surface area contributed by atoms with Gasteiger partial charge in [0.25, 0.3) is 0 Å². The fraction of sp³-hybridized carbons (Fsp3) is 1.00. The Balaban J connectivity index is 1.56. The molecule has 0 amide bonds. The maximum Gasteiger partial charge on any atom is 0.0308 e. The summed E-state index contributed by atoms with van der Waals surface area (Å²) in [5.74, 6) is 1.01. The van der Waals surface area contributed by atoms with Crippen molar-refractivity contribution in [2.45, 2.75) is 69.7 Å². The van der Waals surface area contributed by atoms with Gasteiger partial charge in [-0.05, 0) is 51.1 Å². The molecule has 104 valence electrons. The summed E-state index contributed by atoms with van der Waals surface area (Å²) in [4.78, 5) is 2.81. The summed E-state index contributed by atoms with van der Waals surface area (Å²) < 4.78 is 0. The molecule has 2 saturated carbocycles. The van der Waals surface area contributed by atoms with Gasteiger partial charge in [0.2, 0.25) is 0 Å². The predicted octanol–water partition coefficient (Wildman–Crippen LogP) is 3.17. The van der Waals surface area contributed by atoms with Gasteiger partial charge in [0.15, 0.2) is 0 Å². The van der Waals surface area contributed by atoms with Crippen molar-refractivity contribution in [3.63, 3.8) is 0 Å². The lowest BCUT2D eigenvalue weighted by atomic mass is 9.88. The zero-order valence-electron chi connectivity index (χ0n) is 11.9. The molecule has 1 spiro atoms. The zero-order chi connectivity index (χ0) is 12.3. The van der Waals surface area contributed by atoms with Crippen LogP contribution in [0.25, 0.3) is 0 Å². The smallest absolute Gasteiger partial charge is 0.0308 e. The summed E-state index contributed by atoms with van der Waals surface area (Å²) >= 11 is 0. The molecule has 1 N–H and O–H groups in total. The summed E-state index contributed by atoms with van der Waals surface area (Å²) in [6.45, 7) is 5.32. The van der Waals surface area contributed by atoms with Crippen molar-refractivity contribution < 1.29 is 0 Å². The molecule has 0 radical (unpaired) electrons. The van der Waals surface area contributed by atoms with Crippen molar-refractivity contribution in [1.82, 2.24) is 10.2 Å². The van der Waals surface area contributed by atoms with Gasteiger partial charge in [0.05, 0.1) is 0 Å². The van der Waals surface area contributed by atoms with Gasteiger partial charge in [-0.25, -0.2) is 0 Å². The summed E-state index contributed by atoms with van der Waals surface area (Å²) in [5, 5.41) is 3.88. The van der Waals surface area contributed by atoms with Crippen LogP contribution in [0.15, 0.2) is 0 Å². The fourth-order valence-electron chi connectivity index (χ4n) is 4.50. The number of rotatable bonds is 2. The van der Waals surface area contributed by atoms with Crippen LogP contribution in [0.1, 0.15) is 64.2 Å². The van der Waals surface area contributed by atoms with E-state index in [2.05, 4.69) is 10.2 Å². The second-order valence-corrected chi connectivity index (χ2v) is 7.01. The molecule has 0 bridgehead atoms. The van der Waals surface area contributed by atoms with Gasteiger partial charge in [-0.15, -0.1) is 0 Å². The van der Waals surface area contributed by atoms with E-state index in [1.54, 1.807) is 0 Å². The minimum Gasteiger partial charge on any atom is -0.310 e. The molecule has 2 heteroatoms. The van der Waals surface area contributed by atoms with Gasteiger partial charge in [0.1, 0.15) is 0 Å². The molecule has 0 aromatic rings. The summed E-state index contributed by atoms with van der Waals surface area (Å²) in [7, 11) is 0. The van der Waals surface area contributed by atoms with Gasteiger partial charge in [-0.2, -0.15) is 0 Å². The first-order chi connectivity index (χ1) is 8.86. The third-order valence-electron chi connectivity index (χ3n) is 5.48. The Hall–Kier alpha value is -0.0800. The van der Waals surface area contributed by atoms with Crippen molar-refractivity contribution in [3.8, 4) is 0 Å². The van der Waals surface area contributed by atoms with Crippen LogP contribution in [0.3, 0.4) is 0 Å². The first kappa shape index (κ1) is 12.9. The summed E-state index contributed by atoms with van der Waals surface area (Å²) in [6.07, 6.45) is 14.6. The van der Waals surface area contributed by atoms with E-state index < -0.39 is 0 Å².